The molecule has 1 fully saturated rings. The number of nitrogens with zero attached hydrogens (tertiary/aromatic N) is 1. The smallest absolute Gasteiger partial charge is 0.317 e. The molecule has 0 radical (unpaired) electrons. The molecular formula is C15H30N2O. The molecule has 1 saturated carbocycles. The van der Waals surface area contributed by atoms with Gasteiger partial charge in [-0.05, 0) is 37.5 Å². The van der Waals surface area contributed by atoms with Gasteiger partial charge in [-0.25, -0.2) is 4.79 Å². The van der Waals surface area contributed by atoms with Crippen LogP contribution in [0.1, 0.15) is 59.8 Å². The van der Waals surface area contributed by atoms with Crippen molar-refractivity contribution in [3.63, 3.8) is 0 Å². The van der Waals surface area contributed by atoms with Crippen LogP contribution in [0, 0.1) is 11.3 Å². The third-order valence-electron chi connectivity index (χ3n) is 3.85. The second kappa shape index (κ2) is 6.44. The molecule has 3 heteroatoms. The Balaban J connectivity index is 2.50. The van der Waals surface area contributed by atoms with Crippen LogP contribution in [-0.4, -0.2) is 30.6 Å². The van der Waals surface area contributed by atoms with Crippen molar-refractivity contribution >= 4 is 6.03 Å². The van der Waals surface area contributed by atoms with Crippen molar-refractivity contribution in [2.75, 3.05) is 13.6 Å². The summed E-state index contributed by atoms with van der Waals surface area (Å²) in [4.78, 5) is 13.8. The van der Waals surface area contributed by atoms with Crippen molar-refractivity contribution in [2.24, 2.45) is 11.3 Å². The van der Waals surface area contributed by atoms with E-state index in [4.69, 9.17) is 0 Å². The third kappa shape index (κ3) is 4.87. The summed E-state index contributed by atoms with van der Waals surface area (Å²) in [5, 5.41) is 2.89. The third-order valence-corrected chi connectivity index (χ3v) is 3.85. The van der Waals surface area contributed by atoms with E-state index in [1.54, 1.807) is 0 Å². The molecule has 0 aromatic heterocycles. The van der Waals surface area contributed by atoms with E-state index in [-0.39, 0.29) is 6.03 Å². The van der Waals surface area contributed by atoms with E-state index in [2.05, 4.69) is 26.1 Å². The van der Waals surface area contributed by atoms with Gasteiger partial charge in [-0.3, -0.25) is 0 Å². The molecule has 0 aliphatic heterocycles. The van der Waals surface area contributed by atoms with Crippen molar-refractivity contribution in [2.45, 2.75) is 65.8 Å². The molecule has 0 bridgehead atoms. The van der Waals surface area contributed by atoms with Gasteiger partial charge in [0, 0.05) is 19.6 Å². The fourth-order valence-corrected chi connectivity index (χ4v) is 3.11. The van der Waals surface area contributed by atoms with Gasteiger partial charge in [0.2, 0.25) is 0 Å². The maximum absolute atomic E-state index is 11.8. The molecule has 1 N–H and O–H groups in total. The zero-order valence-corrected chi connectivity index (χ0v) is 12.8. The summed E-state index contributed by atoms with van der Waals surface area (Å²) in [5.74, 6) is 0.778. The van der Waals surface area contributed by atoms with Crippen LogP contribution in [0.2, 0.25) is 0 Å². The van der Waals surface area contributed by atoms with Crippen LogP contribution < -0.4 is 5.32 Å². The van der Waals surface area contributed by atoms with Gasteiger partial charge in [0.15, 0.2) is 0 Å². The summed E-state index contributed by atoms with van der Waals surface area (Å²) < 4.78 is 0. The fraction of sp³-hybridized carbons (Fsp3) is 0.933. The van der Waals surface area contributed by atoms with Gasteiger partial charge >= 0.3 is 6.03 Å². The predicted octanol–water partition coefficient (Wildman–Crippen LogP) is 3.64. The maximum atomic E-state index is 11.8. The Morgan fingerprint density at radius 1 is 1.33 bits per heavy atom. The number of hydrogen-bond donors (Lipinski definition) is 1. The van der Waals surface area contributed by atoms with Crippen LogP contribution in [0.3, 0.4) is 0 Å². The van der Waals surface area contributed by atoms with Gasteiger partial charge in [0.1, 0.15) is 0 Å². The summed E-state index contributed by atoms with van der Waals surface area (Å²) >= 11 is 0. The molecule has 18 heavy (non-hydrogen) atoms. The van der Waals surface area contributed by atoms with Crippen molar-refractivity contribution < 1.29 is 4.79 Å². The summed E-state index contributed by atoms with van der Waals surface area (Å²) in [6.07, 6.45) is 6.19. The number of amides is 2. The van der Waals surface area contributed by atoms with E-state index in [0.29, 0.717) is 18.0 Å². The molecule has 1 rings (SSSR count). The minimum Gasteiger partial charge on any atom is -0.338 e. The Bertz CT molecular complexity index is 270. The zero-order chi connectivity index (χ0) is 13.8. The lowest BCUT2D eigenvalue weighted by molar-refractivity contribution is 0.140. The summed E-state index contributed by atoms with van der Waals surface area (Å²) in [6.45, 7) is 9.61. The highest BCUT2D eigenvalue weighted by Crippen LogP contribution is 2.35. The van der Waals surface area contributed by atoms with Crippen molar-refractivity contribution in [1.82, 2.24) is 10.2 Å². The number of hydrogen-bond acceptors (Lipinski definition) is 1. The molecule has 2 atom stereocenters. The van der Waals surface area contributed by atoms with E-state index in [9.17, 15) is 4.79 Å². The first-order valence-corrected chi connectivity index (χ1v) is 7.34. The molecule has 0 aromatic carbocycles. The number of nitrogens with one attached hydrogen (secondary N) is 1. The normalized spacial score (nSPS) is 24.7. The Kier molecular flexibility index (Phi) is 5.48. The van der Waals surface area contributed by atoms with Crippen molar-refractivity contribution in [3.8, 4) is 0 Å². The lowest BCUT2D eigenvalue weighted by Crippen LogP contribution is -2.45. The standard InChI is InChI=1S/C15H30N2O/c1-6-16-14(18)17(5)13-9-7-8-12(10-13)11-15(2,3)4/h12-13H,6-11H2,1-5H3,(H,16,18). The SMILES string of the molecule is CCNC(=O)N(C)C1CCCC(CC(C)(C)C)C1. The van der Waals surface area contributed by atoms with Crippen LogP contribution in [0.4, 0.5) is 4.79 Å². The van der Waals surface area contributed by atoms with Crippen molar-refractivity contribution in [1.29, 1.82) is 0 Å². The van der Waals surface area contributed by atoms with E-state index < -0.39 is 0 Å². The first-order chi connectivity index (χ1) is 8.33. The Morgan fingerprint density at radius 3 is 2.56 bits per heavy atom. The van der Waals surface area contributed by atoms with E-state index in [1.807, 2.05) is 18.9 Å². The van der Waals surface area contributed by atoms with Gasteiger partial charge in [-0.1, -0.05) is 33.6 Å². The molecule has 106 valence electrons. The van der Waals surface area contributed by atoms with Crippen LogP contribution in [0.25, 0.3) is 0 Å². The molecule has 3 nitrogen and oxygen atoms in total. The van der Waals surface area contributed by atoms with Gasteiger partial charge < -0.3 is 10.2 Å². The van der Waals surface area contributed by atoms with Gasteiger partial charge in [-0.2, -0.15) is 0 Å². The quantitative estimate of drug-likeness (QED) is 0.819. The molecule has 0 heterocycles. The molecule has 2 amide bonds. The highest BCUT2D eigenvalue weighted by molar-refractivity contribution is 5.74. The van der Waals surface area contributed by atoms with E-state index >= 15 is 0 Å². The Labute approximate surface area is 112 Å². The number of urea groups is 1. The summed E-state index contributed by atoms with van der Waals surface area (Å²) in [7, 11) is 1.94. The minimum atomic E-state index is 0.0823. The van der Waals surface area contributed by atoms with Gasteiger partial charge in [0.05, 0.1) is 0 Å². The van der Waals surface area contributed by atoms with Crippen molar-refractivity contribution in [3.05, 3.63) is 0 Å². The number of carbonyl (C=O) groups is 1. The summed E-state index contributed by atoms with van der Waals surface area (Å²) in [6, 6.07) is 0.511. The fourth-order valence-electron chi connectivity index (χ4n) is 3.11. The Morgan fingerprint density at radius 2 is 2.00 bits per heavy atom. The average Bonchev–Trinajstić information content (AvgIpc) is 2.26. The van der Waals surface area contributed by atoms with Crippen LogP contribution in [0.15, 0.2) is 0 Å². The Hall–Kier alpha value is -0.730. The minimum absolute atomic E-state index is 0.0823. The van der Waals surface area contributed by atoms with Crippen LogP contribution in [-0.2, 0) is 0 Å². The summed E-state index contributed by atoms with van der Waals surface area (Å²) in [5.41, 5.74) is 0.400. The van der Waals surface area contributed by atoms with Crippen LogP contribution >= 0.6 is 0 Å². The van der Waals surface area contributed by atoms with Gasteiger partial charge in [-0.15, -0.1) is 0 Å². The molecule has 1 aliphatic carbocycles. The molecule has 0 saturated heterocycles. The first kappa shape index (κ1) is 15.3. The number of rotatable bonds is 3. The second-order valence-corrected chi connectivity index (χ2v) is 6.90. The number of carbonyl (C=O) groups excluding carboxylic acids is 1. The molecule has 0 spiro atoms. The topological polar surface area (TPSA) is 32.3 Å². The monoisotopic (exact) mass is 254 g/mol. The van der Waals surface area contributed by atoms with Gasteiger partial charge in [0.25, 0.3) is 0 Å². The highest BCUT2D eigenvalue weighted by atomic mass is 16.2. The molecular weight excluding hydrogens is 224 g/mol. The van der Waals surface area contributed by atoms with E-state index in [1.165, 1.54) is 25.7 Å². The first-order valence-electron chi connectivity index (χ1n) is 7.34. The molecule has 0 aromatic rings. The van der Waals surface area contributed by atoms with Crippen LogP contribution in [0.5, 0.6) is 0 Å². The molecule has 1 aliphatic rings. The largest absolute Gasteiger partial charge is 0.338 e. The van der Waals surface area contributed by atoms with E-state index in [0.717, 1.165) is 12.3 Å². The maximum Gasteiger partial charge on any atom is 0.317 e. The lowest BCUT2D eigenvalue weighted by atomic mass is 9.76. The average molecular weight is 254 g/mol. The lowest BCUT2D eigenvalue weighted by Gasteiger charge is -2.37. The highest BCUT2D eigenvalue weighted by Gasteiger charge is 2.29. The second-order valence-electron chi connectivity index (χ2n) is 6.90. The molecule has 2 unspecified atom stereocenters. The zero-order valence-electron chi connectivity index (χ0n) is 12.8. The predicted molar refractivity (Wildman–Crippen MR) is 76.7 cm³/mol.